The summed E-state index contributed by atoms with van der Waals surface area (Å²) >= 11 is 0. The molecule has 1 amide bonds. The molecule has 30 heavy (non-hydrogen) atoms. The van der Waals surface area contributed by atoms with E-state index < -0.39 is 0 Å². The Morgan fingerprint density at radius 2 is 1.80 bits per heavy atom. The molecule has 1 aliphatic heterocycles. The molecule has 1 fully saturated rings. The number of nitriles is 1. The molecule has 0 saturated carbocycles. The van der Waals surface area contributed by atoms with Gasteiger partial charge in [-0.2, -0.15) is 5.26 Å². The highest BCUT2D eigenvalue weighted by Gasteiger charge is 2.22. The summed E-state index contributed by atoms with van der Waals surface area (Å²) in [5, 5.41) is 12.1. The number of hydrogen-bond acceptors (Lipinski definition) is 8. The van der Waals surface area contributed by atoms with Gasteiger partial charge < -0.3 is 24.4 Å². The Morgan fingerprint density at radius 3 is 2.37 bits per heavy atom. The molecule has 9 nitrogen and oxygen atoms in total. The number of hydrogen-bond donors (Lipinski definition) is 1. The van der Waals surface area contributed by atoms with Gasteiger partial charge in [-0.05, 0) is 12.1 Å². The van der Waals surface area contributed by atoms with Gasteiger partial charge >= 0.3 is 0 Å². The van der Waals surface area contributed by atoms with Gasteiger partial charge in [-0.15, -0.1) is 0 Å². The highest BCUT2D eigenvalue weighted by Crippen LogP contribution is 2.39. The zero-order valence-corrected chi connectivity index (χ0v) is 17.3. The van der Waals surface area contributed by atoms with Gasteiger partial charge in [-0.1, -0.05) is 0 Å². The minimum atomic E-state index is -0.131. The molecule has 1 aliphatic rings. The number of carbonyl (C=O) groups is 1. The van der Waals surface area contributed by atoms with Gasteiger partial charge in [0.15, 0.2) is 11.5 Å². The lowest BCUT2D eigenvalue weighted by Gasteiger charge is -2.35. The topological polar surface area (TPSA) is 100.0 Å². The van der Waals surface area contributed by atoms with Crippen LogP contribution < -0.4 is 24.4 Å². The summed E-state index contributed by atoms with van der Waals surface area (Å²) in [4.78, 5) is 21.0. The Balaban J connectivity index is 1.58. The number of piperazine rings is 1. The number of methoxy groups -OCH3 is 3. The van der Waals surface area contributed by atoms with E-state index in [0.717, 1.165) is 0 Å². The van der Waals surface area contributed by atoms with Crippen LogP contribution >= 0.6 is 0 Å². The Kier molecular flexibility index (Phi) is 6.93. The van der Waals surface area contributed by atoms with Crippen LogP contribution in [0.4, 0.5) is 11.5 Å². The number of anilines is 2. The zero-order chi connectivity index (χ0) is 21.5. The zero-order valence-electron chi connectivity index (χ0n) is 17.3. The van der Waals surface area contributed by atoms with E-state index in [1.165, 1.54) is 21.3 Å². The first-order valence-corrected chi connectivity index (χ1v) is 9.51. The van der Waals surface area contributed by atoms with E-state index in [1.54, 1.807) is 30.5 Å². The summed E-state index contributed by atoms with van der Waals surface area (Å²) in [6.45, 7) is 3.05. The van der Waals surface area contributed by atoms with Crippen LogP contribution in [0.25, 0.3) is 0 Å². The summed E-state index contributed by atoms with van der Waals surface area (Å²) in [5.74, 6) is 1.99. The van der Waals surface area contributed by atoms with Crippen molar-refractivity contribution in [2.45, 2.75) is 0 Å². The van der Waals surface area contributed by atoms with Gasteiger partial charge in [0.05, 0.1) is 33.4 Å². The van der Waals surface area contributed by atoms with Gasteiger partial charge in [0.25, 0.3) is 0 Å². The lowest BCUT2D eigenvalue weighted by Crippen LogP contribution is -2.49. The van der Waals surface area contributed by atoms with Crippen molar-refractivity contribution in [2.75, 3.05) is 64.3 Å². The highest BCUT2D eigenvalue weighted by molar-refractivity contribution is 5.93. The predicted octanol–water partition coefficient (Wildman–Crippen LogP) is 1.74. The van der Waals surface area contributed by atoms with Crippen molar-refractivity contribution in [1.29, 1.82) is 5.26 Å². The lowest BCUT2D eigenvalue weighted by atomic mass is 10.2. The number of aromatic nitrogens is 1. The molecule has 0 bridgehead atoms. The molecule has 2 aromatic rings. The molecule has 9 heteroatoms. The first-order valence-electron chi connectivity index (χ1n) is 9.51. The smallest absolute Gasteiger partial charge is 0.238 e. The second-order valence-corrected chi connectivity index (χ2v) is 6.71. The van der Waals surface area contributed by atoms with Crippen LogP contribution in [0.2, 0.25) is 0 Å². The van der Waals surface area contributed by atoms with E-state index >= 15 is 0 Å². The Bertz CT molecular complexity index is 910. The maximum absolute atomic E-state index is 12.6. The van der Waals surface area contributed by atoms with Crippen molar-refractivity contribution in [3.63, 3.8) is 0 Å². The van der Waals surface area contributed by atoms with Crippen molar-refractivity contribution in [1.82, 2.24) is 9.88 Å². The monoisotopic (exact) mass is 411 g/mol. The van der Waals surface area contributed by atoms with Gasteiger partial charge in [0, 0.05) is 50.2 Å². The number of carbonyl (C=O) groups excluding carboxylic acids is 1. The van der Waals surface area contributed by atoms with Crippen LogP contribution in [0, 0.1) is 11.3 Å². The minimum Gasteiger partial charge on any atom is -0.493 e. The number of benzene rings is 1. The molecular formula is C21H25N5O4. The predicted molar refractivity (Wildman–Crippen MR) is 112 cm³/mol. The third-order valence-electron chi connectivity index (χ3n) is 4.89. The molecule has 0 aliphatic carbocycles. The van der Waals surface area contributed by atoms with E-state index in [0.29, 0.717) is 60.5 Å². The number of ether oxygens (including phenoxy) is 3. The number of nitrogens with zero attached hydrogens (tertiary/aromatic N) is 4. The molecule has 1 aromatic carbocycles. The second-order valence-electron chi connectivity index (χ2n) is 6.71. The molecule has 1 saturated heterocycles. The summed E-state index contributed by atoms with van der Waals surface area (Å²) in [6.07, 6.45) is 1.69. The van der Waals surface area contributed by atoms with Crippen molar-refractivity contribution in [2.24, 2.45) is 0 Å². The number of amides is 1. The molecule has 2 heterocycles. The summed E-state index contributed by atoms with van der Waals surface area (Å²) in [5.41, 5.74) is 1.13. The fourth-order valence-electron chi connectivity index (χ4n) is 3.41. The molecule has 1 N–H and O–H groups in total. The van der Waals surface area contributed by atoms with Crippen LogP contribution in [-0.4, -0.2) is 69.8 Å². The highest BCUT2D eigenvalue weighted by atomic mass is 16.5. The molecule has 0 radical (unpaired) electrons. The largest absolute Gasteiger partial charge is 0.493 e. The van der Waals surface area contributed by atoms with Crippen molar-refractivity contribution in [3.05, 3.63) is 36.0 Å². The van der Waals surface area contributed by atoms with Crippen molar-refractivity contribution in [3.8, 4) is 23.3 Å². The summed E-state index contributed by atoms with van der Waals surface area (Å²) < 4.78 is 15.9. The number of pyridine rings is 1. The molecule has 0 unspecified atom stereocenters. The van der Waals surface area contributed by atoms with E-state index in [9.17, 15) is 10.1 Å². The maximum atomic E-state index is 12.6. The standard InChI is InChI=1S/C21H25N5O4/c1-28-17-11-16(12-18(29-2)20(17)30-3)24-19(27)14-25-7-9-26(10-8-25)21-15(13-22)5-4-6-23-21/h4-6,11-12H,7-10,14H2,1-3H3,(H,24,27). The Labute approximate surface area is 175 Å². The Hall–Kier alpha value is -3.51. The van der Waals surface area contributed by atoms with Crippen LogP contribution in [-0.2, 0) is 4.79 Å². The average molecular weight is 411 g/mol. The van der Waals surface area contributed by atoms with Crippen LogP contribution in [0.3, 0.4) is 0 Å². The molecule has 0 spiro atoms. The van der Waals surface area contributed by atoms with Crippen molar-refractivity contribution >= 4 is 17.4 Å². The Morgan fingerprint density at radius 1 is 1.13 bits per heavy atom. The van der Waals surface area contributed by atoms with E-state index in [1.807, 2.05) is 0 Å². The van der Waals surface area contributed by atoms with Gasteiger partial charge in [0.1, 0.15) is 11.9 Å². The molecule has 3 rings (SSSR count). The number of nitrogens with one attached hydrogen (secondary N) is 1. The first-order chi connectivity index (χ1) is 14.6. The molecule has 1 aromatic heterocycles. The third-order valence-corrected chi connectivity index (χ3v) is 4.89. The van der Waals surface area contributed by atoms with Crippen LogP contribution in [0.15, 0.2) is 30.5 Å². The minimum absolute atomic E-state index is 0.131. The summed E-state index contributed by atoms with van der Waals surface area (Å²) in [6, 6.07) is 9.09. The number of rotatable bonds is 7. The molecule has 158 valence electrons. The fourth-order valence-corrected chi connectivity index (χ4v) is 3.41. The lowest BCUT2D eigenvalue weighted by molar-refractivity contribution is -0.117. The van der Waals surface area contributed by atoms with Crippen molar-refractivity contribution < 1.29 is 19.0 Å². The summed E-state index contributed by atoms with van der Waals surface area (Å²) in [7, 11) is 4.59. The second kappa shape index (κ2) is 9.80. The van der Waals surface area contributed by atoms with E-state index in [-0.39, 0.29) is 12.5 Å². The van der Waals surface area contributed by atoms with Crippen LogP contribution in [0.1, 0.15) is 5.56 Å². The van der Waals surface area contributed by atoms with Gasteiger partial charge in [-0.3, -0.25) is 9.69 Å². The van der Waals surface area contributed by atoms with Gasteiger partial charge in [0.2, 0.25) is 11.7 Å². The quantitative estimate of drug-likeness (QED) is 0.735. The third kappa shape index (κ3) is 4.72. The fraction of sp³-hybridized carbons (Fsp3) is 0.381. The molecule has 0 atom stereocenters. The SMILES string of the molecule is COc1cc(NC(=O)CN2CCN(c3ncccc3C#N)CC2)cc(OC)c1OC. The van der Waals surface area contributed by atoms with E-state index in [4.69, 9.17) is 14.2 Å². The van der Waals surface area contributed by atoms with Gasteiger partial charge in [-0.25, -0.2) is 4.98 Å². The van der Waals surface area contributed by atoms with E-state index in [2.05, 4.69) is 26.2 Å². The normalized spacial score (nSPS) is 14.0. The maximum Gasteiger partial charge on any atom is 0.238 e. The first kappa shape index (κ1) is 21.2. The molecular weight excluding hydrogens is 386 g/mol. The van der Waals surface area contributed by atoms with Crippen LogP contribution in [0.5, 0.6) is 17.2 Å². The average Bonchev–Trinajstić information content (AvgIpc) is 2.78.